The first-order chi connectivity index (χ1) is 14.0. The van der Waals surface area contributed by atoms with E-state index in [1.165, 1.54) is 6.08 Å². The molecule has 0 aliphatic rings. The van der Waals surface area contributed by atoms with Gasteiger partial charge in [-0.1, -0.05) is 11.2 Å². The molecule has 0 saturated carbocycles. The standard InChI is InChI=1S/C22H23N3O4/c1-14-9-10-23-12-19(14)24-22(26)8-6-17-5-7-20(21(11-17)27-4)28-13-18-15(2)25-29-16(18)3/h5-12H,13H2,1-4H3,(H,24,26)/b8-6+. The molecule has 0 atom stereocenters. The molecule has 150 valence electrons. The summed E-state index contributed by atoms with van der Waals surface area (Å²) in [5.41, 5.74) is 4.16. The van der Waals surface area contributed by atoms with Crippen LogP contribution in [0.3, 0.4) is 0 Å². The molecular weight excluding hydrogens is 370 g/mol. The minimum absolute atomic E-state index is 0.237. The lowest BCUT2D eigenvalue weighted by Gasteiger charge is -2.11. The van der Waals surface area contributed by atoms with E-state index in [9.17, 15) is 4.79 Å². The number of carbonyl (C=O) groups excluding carboxylic acids is 1. The highest BCUT2D eigenvalue weighted by Gasteiger charge is 2.12. The van der Waals surface area contributed by atoms with Crippen LogP contribution in [0.15, 0.2) is 47.3 Å². The fourth-order valence-electron chi connectivity index (χ4n) is 2.71. The number of hydrogen-bond donors (Lipinski definition) is 1. The van der Waals surface area contributed by atoms with Crippen molar-refractivity contribution in [3.8, 4) is 11.5 Å². The van der Waals surface area contributed by atoms with Crippen LogP contribution in [0.5, 0.6) is 11.5 Å². The molecular formula is C22H23N3O4. The zero-order valence-electron chi connectivity index (χ0n) is 16.9. The molecule has 2 heterocycles. The summed E-state index contributed by atoms with van der Waals surface area (Å²) in [4.78, 5) is 16.2. The number of rotatable bonds is 7. The van der Waals surface area contributed by atoms with Crippen LogP contribution in [0.1, 0.15) is 28.1 Å². The smallest absolute Gasteiger partial charge is 0.248 e. The van der Waals surface area contributed by atoms with Gasteiger partial charge in [0.15, 0.2) is 11.5 Å². The Morgan fingerprint density at radius 1 is 1.21 bits per heavy atom. The molecule has 0 saturated heterocycles. The number of amides is 1. The van der Waals surface area contributed by atoms with Crippen molar-refractivity contribution in [2.45, 2.75) is 27.4 Å². The molecule has 0 fully saturated rings. The minimum atomic E-state index is -0.237. The number of benzene rings is 1. The van der Waals surface area contributed by atoms with Gasteiger partial charge in [0.25, 0.3) is 0 Å². The molecule has 0 unspecified atom stereocenters. The SMILES string of the molecule is COc1cc(/C=C/C(=O)Nc2cnccc2C)ccc1OCc1c(C)noc1C. The summed E-state index contributed by atoms with van der Waals surface area (Å²) >= 11 is 0. The van der Waals surface area contributed by atoms with Crippen molar-refractivity contribution in [2.24, 2.45) is 0 Å². The fourth-order valence-corrected chi connectivity index (χ4v) is 2.71. The molecule has 0 radical (unpaired) electrons. The maximum atomic E-state index is 12.2. The largest absolute Gasteiger partial charge is 0.493 e. The quantitative estimate of drug-likeness (QED) is 0.605. The molecule has 29 heavy (non-hydrogen) atoms. The number of ether oxygens (including phenoxy) is 2. The molecule has 2 aromatic heterocycles. The van der Waals surface area contributed by atoms with Gasteiger partial charge < -0.3 is 19.3 Å². The Hall–Kier alpha value is -3.61. The molecule has 3 rings (SSSR count). The summed E-state index contributed by atoms with van der Waals surface area (Å²) in [6.45, 7) is 5.97. The van der Waals surface area contributed by atoms with E-state index in [0.717, 1.165) is 28.1 Å². The van der Waals surface area contributed by atoms with E-state index in [2.05, 4.69) is 15.5 Å². The third kappa shape index (κ3) is 5.01. The summed E-state index contributed by atoms with van der Waals surface area (Å²) in [6, 6.07) is 7.30. The third-order valence-corrected chi connectivity index (χ3v) is 4.47. The molecule has 0 spiro atoms. The van der Waals surface area contributed by atoms with Gasteiger partial charge in [-0.25, -0.2) is 0 Å². The number of carbonyl (C=O) groups is 1. The Kier molecular flexibility index (Phi) is 6.29. The van der Waals surface area contributed by atoms with Crippen LogP contribution < -0.4 is 14.8 Å². The highest BCUT2D eigenvalue weighted by molar-refractivity contribution is 6.02. The lowest BCUT2D eigenvalue weighted by Crippen LogP contribution is -2.09. The van der Waals surface area contributed by atoms with Crippen molar-refractivity contribution < 1.29 is 18.8 Å². The maximum Gasteiger partial charge on any atom is 0.248 e. The first-order valence-electron chi connectivity index (χ1n) is 9.10. The molecule has 3 aromatic rings. The van der Waals surface area contributed by atoms with Gasteiger partial charge >= 0.3 is 0 Å². The Morgan fingerprint density at radius 3 is 2.72 bits per heavy atom. The van der Waals surface area contributed by atoms with Gasteiger partial charge in [-0.05, 0) is 56.2 Å². The van der Waals surface area contributed by atoms with Gasteiger partial charge in [0.2, 0.25) is 5.91 Å². The molecule has 7 nitrogen and oxygen atoms in total. The van der Waals surface area contributed by atoms with Gasteiger partial charge in [-0.3, -0.25) is 9.78 Å². The first-order valence-corrected chi connectivity index (χ1v) is 9.10. The number of hydrogen-bond acceptors (Lipinski definition) is 6. The maximum absolute atomic E-state index is 12.2. The molecule has 1 amide bonds. The van der Waals surface area contributed by atoms with Crippen LogP contribution in [0.4, 0.5) is 5.69 Å². The molecule has 0 bridgehead atoms. The van der Waals surface area contributed by atoms with Crippen molar-refractivity contribution in [1.29, 1.82) is 0 Å². The van der Waals surface area contributed by atoms with Crippen LogP contribution in [-0.4, -0.2) is 23.2 Å². The van der Waals surface area contributed by atoms with Crippen molar-refractivity contribution in [3.05, 3.63) is 70.9 Å². The zero-order chi connectivity index (χ0) is 20.8. The lowest BCUT2D eigenvalue weighted by atomic mass is 10.1. The lowest BCUT2D eigenvalue weighted by molar-refractivity contribution is -0.111. The summed E-state index contributed by atoms with van der Waals surface area (Å²) in [7, 11) is 1.57. The van der Waals surface area contributed by atoms with Crippen LogP contribution in [0.25, 0.3) is 6.08 Å². The molecule has 0 aliphatic carbocycles. The number of nitrogens with one attached hydrogen (secondary N) is 1. The monoisotopic (exact) mass is 393 g/mol. The van der Waals surface area contributed by atoms with E-state index >= 15 is 0 Å². The fraction of sp³-hybridized carbons (Fsp3) is 0.227. The van der Waals surface area contributed by atoms with Crippen LogP contribution in [0, 0.1) is 20.8 Å². The Bertz CT molecular complexity index is 1020. The second-order valence-corrected chi connectivity index (χ2v) is 6.51. The number of aromatic nitrogens is 2. The minimum Gasteiger partial charge on any atom is -0.493 e. The van der Waals surface area contributed by atoms with Crippen molar-refractivity contribution in [3.63, 3.8) is 0 Å². The van der Waals surface area contributed by atoms with E-state index in [-0.39, 0.29) is 5.91 Å². The topological polar surface area (TPSA) is 86.5 Å². The van der Waals surface area contributed by atoms with Crippen LogP contribution in [-0.2, 0) is 11.4 Å². The Morgan fingerprint density at radius 2 is 2.03 bits per heavy atom. The number of methoxy groups -OCH3 is 1. The van der Waals surface area contributed by atoms with Crippen molar-refractivity contribution in [1.82, 2.24) is 10.1 Å². The summed E-state index contributed by atoms with van der Waals surface area (Å²) in [6.07, 6.45) is 6.48. The van der Waals surface area contributed by atoms with Gasteiger partial charge in [-0.15, -0.1) is 0 Å². The van der Waals surface area contributed by atoms with Gasteiger partial charge in [0, 0.05) is 12.3 Å². The second kappa shape index (κ2) is 9.05. The van der Waals surface area contributed by atoms with Crippen molar-refractivity contribution >= 4 is 17.7 Å². The highest BCUT2D eigenvalue weighted by Crippen LogP contribution is 2.30. The molecule has 7 heteroatoms. The highest BCUT2D eigenvalue weighted by atomic mass is 16.5. The number of anilines is 1. The Balaban J connectivity index is 1.67. The number of aryl methyl sites for hydroxylation is 3. The van der Waals surface area contributed by atoms with Gasteiger partial charge in [0.1, 0.15) is 12.4 Å². The summed E-state index contributed by atoms with van der Waals surface area (Å²) in [5, 5.41) is 6.73. The van der Waals surface area contributed by atoms with Gasteiger partial charge in [0.05, 0.1) is 30.3 Å². The van der Waals surface area contributed by atoms with E-state index in [4.69, 9.17) is 14.0 Å². The summed E-state index contributed by atoms with van der Waals surface area (Å²) < 4.78 is 16.5. The average molecular weight is 393 g/mol. The van der Waals surface area contributed by atoms with Crippen LogP contribution in [0.2, 0.25) is 0 Å². The van der Waals surface area contributed by atoms with Crippen molar-refractivity contribution in [2.75, 3.05) is 12.4 Å². The number of nitrogens with zero attached hydrogens (tertiary/aromatic N) is 2. The summed E-state index contributed by atoms with van der Waals surface area (Å²) in [5.74, 6) is 1.66. The predicted octanol–water partition coefficient (Wildman–Crippen LogP) is 4.23. The normalized spacial score (nSPS) is 10.9. The van der Waals surface area contributed by atoms with Gasteiger partial charge in [-0.2, -0.15) is 0 Å². The third-order valence-electron chi connectivity index (χ3n) is 4.47. The van der Waals surface area contributed by atoms with Crippen LogP contribution >= 0.6 is 0 Å². The molecule has 1 N–H and O–H groups in total. The second-order valence-electron chi connectivity index (χ2n) is 6.51. The zero-order valence-corrected chi connectivity index (χ0v) is 16.9. The van der Waals surface area contributed by atoms with E-state index in [0.29, 0.717) is 23.8 Å². The van der Waals surface area contributed by atoms with E-state index in [1.54, 1.807) is 31.6 Å². The van der Waals surface area contributed by atoms with E-state index in [1.807, 2.05) is 39.0 Å². The Labute approximate surface area is 169 Å². The average Bonchev–Trinajstić information content (AvgIpc) is 3.04. The molecule has 1 aromatic carbocycles. The predicted molar refractivity (Wildman–Crippen MR) is 110 cm³/mol. The molecule has 0 aliphatic heterocycles. The van der Waals surface area contributed by atoms with E-state index < -0.39 is 0 Å². The number of pyridine rings is 1. The first kappa shape index (κ1) is 20.1.